The van der Waals surface area contributed by atoms with Crippen LogP contribution in [0.5, 0.6) is 0 Å². The third kappa shape index (κ3) is 4.54. The van der Waals surface area contributed by atoms with Gasteiger partial charge in [-0.1, -0.05) is 17.2 Å². The van der Waals surface area contributed by atoms with Crippen molar-refractivity contribution < 1.29 is 18.0 Å². The molecule has 0 saturated carbocycles. The van der Waals surface area contributed by atoms with Crippen molar-refractivity contribution in [2.75, 3.05) is 16.8 Å². The van der Waals surface area contributed by atoms with E-state index in [9.17, 15) is 23.2 Å². The zero-order valence-corrected chi connectivity index (χ0v) is 16.7. The highest BCUT2D eigenvalue weighted by Gasteiger charge is 2.43. The van der Waals surface area contributed by atoms with Crippen LogP contribution in [-0.2, 0) is 11.0 Å². The second-order valence-electron chi connectivity index (χ2n) is 7.18. The molecule has 1 aromatic carbocycles. The van der Waals surface area contributed by atoms with Crippen LogP contribution in [0, 0.1) is 25.2 Å². The van der Waals surface area contributed by atoms with Gasteiger partial charge in [0.25, 0.3) is 0 Å². The van der Waals surface area contributed by atoms with Gasteiger partial charge < -0.3 is 10.2 Å². The smallest absolute Gasteiger partial charge is 0.343 e. The van der Waals surface area contributed by atoms with E-state index in [2.05, 4.69) is 20.3 Å². The fraction of sp³-hybridized carbons (Fsp3) is 0.350. The Morgan fingerprint density at radius 1 is 1.39 bits per heavy atom. The van der Waals surface area contributed by atoms with Crippen LogP contribution in [0.1, 0.15) is 28.8 Å². The van der Waals surface area contributed by atoms with Gasteiger partial charge in [-0.3, -0.25) is 4.79 Å². The number of nitrogens with zero attached hydrogens (tertiary/aromatic N) is 6. The molecular formula is C20H18F3N7O. The van der Waals surface area contributed by atoms with Crippen molar-refractivity contribution in [3.05, 3.63) is 63.2 Å². The van der Waals surface area contributed by atoms with Crippen molar-refractivity contribution in [3.8, 4) is 6.07 Å². The number of carbonyl (C=O) groups excluding carboxylic acids is 1. The summed E-state index contributed by atoms with van der Waals surface area (Å²) in [5.41, 5.74) is 8.54. The maximum absolute atomic E-state index is 13.5. The summed E-state index contributed by atoms with van der Waals surface area (Å²) in [7, 11) is 0. The average molecular weight is 429 g/mol. The Labute approximate surface area is 175 Å². The Bertz CT molecular complexity index is 1100. The van der Waals surface area contributed by atoms with E-state index in [1.165, 1.54) is 11.8 Å². The number of amides is 1. The number of nitriles is 1. The number of hydrogen-bond acceptors (Lipinski definition) is 5. The number of rotatable bonds is 4. The third-order valence-electron chi connectivity index (χ3n) is 4.94. The van der Waals surface area contributed by atoms with Crippen molar-refractivity contribution in [1.82, 2.24) is 4.98 Å². The van der Waals surface area contributed by atoms with E-state index >= 15 is 0 Å². The minimum absolute atomic E-state index is 0.0476. The summed E-state index contributed by atoms with van der Waals surface area (Å²) in [5, 5.41) is 15.8. The number of pyridine rings is 1. The maximum atomic E-state index is 13.5. The van der Waals surface area contributed by atoms with Gasteiger partial charge in [0.1, 0.15) is 23.5 Å². The zero-order chi connectivity index (χ0) is 22.8. The van der Waals surface area contributed by atoms with Gasteiger partial charge in [0, 0.05) is 22.8 Å². The second-order valence-corrected chi connectivity index (χ2v) is 7.18. The Hall–Kier alpha value is -3.77. The number of carbonyl (C=O) groups is 1. The SMILES string of the molecule is Cc1cccc(NC(=O)[C@@H]2[C@H](N=[N+]=[N-])CCN2c2nc(C)cc(C(F)(F)F)c2C#N)c1. The lowest BCUT2D eigenvalue weighted by atomic mass is 10.1. The van der Waals surface area contributed by atoms with Gasteiger partial charge >= 0.3 is 6.18 Å². The van der Waals surface area contributed by atoms with Crippen LogP contribution >= 0.6 is 0 Å². The van der Waals surface area contributed by atoms with Crippen molar-refractivity contribution in [1.29, 1.82) is 5.26 Å². The minimum atomic E-state index is -4.77. The van der Waals surface area contributed by atoms with Crippen LogP contribution in [0.25, 0.3) is 10.4 Å². The zero-order valence-electron chi connectivity index (χ0n) is 16.7. The van der Waals surface area contributed by atoms with Crippen molar-refractivity contribution in [2.45, 2.75) is 38.5 Å². The summed E-state index contributed by atoms with van der Waals surface area (Å²) in [6.45, 7) is 3.32. The average Bonchev–Trinajstić information content (AvgIpc) is 3.10. The van der Waals surface area contributed by atoms with E-state index in [0.717, 1.165) is 11.6 Å². The molecule has 2 aromatic rings. The summed E-state index contributed by atoms with van der Waals surface area (Å²) in [6.07, 6.45) is -4.55. The van der Waals surface area contributed by atoms with Crippen molar-refractivity contribution in [3.63, 3.8) is 0 Å². The van der Waals surface area contributed by atoms with Crippen LogP contribution < -0.4 is 10.2 Å². The molecule has 11 heteroatoms. The van der Waals surface area contributed by atoms with E-state index < -0.39 is 35.3 Å². The summed E-state index contributed by atoms with van der Waals surface area (Å²) in [4.78, 5) is 21.3. The number of aromatic nitrogens is 1. The predicted molar refractivity (Wildman–Crippen MR) is 107 cm³/mol. The molecule has 1 amide bonds. The van der Waals surface area contributed by atoms with Crippen molar-refractivity contribution in [2.24, 2.45) is 5.11 Å². The lowest BCUT2D eigenvalue weighted by Gasteiger charge is -2.28. The van der Waals surface area contributed by atoms with E-state index in [0.29, 0.717) is 5.69 Å². The highest BCUT2D eigenvalue weighted by molar-refractivity contribution is 5.98. The van der Waals surface area contributed by atoms with Gasteiger partial charge in [0.2, 0.25) is 5.91 Å². The topological polar surface area (TPSA) is 118 Å². The van der Waals surface area contributed by atoms with Gasteiger partial charge in [-0.2, -0.15) is 18.4 Å². The van der Waals surface area contributed by atoms with E-state index in [1.807, 2.05) is 13.0 Å². The summed E-state index contributed by atoms with van der Waals surface area (Å²) >= 11 is 0. The van der Waals surface area contributed by atoms with Gasteiger partial charge in [-0.05, 0) is 49.6 Å². The molecule has 8 nitrogen and oxygen atoms in total. The molecule has 0 bridgehead atoms. The number of hydrogen-bond donors (Lipinski definition) is 1. The van der Waals surface area contributed by atoms with Crippen LogP contribution in [0.4, 0.5) is 24.7 Å². The fourth-order valence-corrected chi connectivity index (χ4v) is 3.65. The Balaban J connectivity index is 2.07. The largest absolute Gasteiger partial charge is 0.417 e. The summed E-state index contributed by atoms with van der Waals surface area (Å²) in [5.74, 6) is -0.823. The predicted octanol–water partition coefficient (Wildman–Crippen LogP) is 4.49. The summed E-state index contributed by atoms with van der Waals surface area (Å²) in [6, 6.07) is 7.40. The van der Waals surface area contributed by atoms with E-state index in [4.69, 9.17) is 5.53 Å². The molecule has 160 valence electrons. The van der Waals surface area contributed by atoms with Crippen LogP contribution in [0.15, 0.2) is 35.4 Å². The molecule has 2 heterocycles. The summed E-state index contributed by atoms with van der Waals surface area (Å²) < 4.78 is 40.6. The Morgan fingerprint density at radius 2 is 2.13 bits per heavy atom. The van der Waals surface area contributed by atoms with E-state index in [-0.39, 0.29) is 24.5 Å². The van der Waals surface area contributed by atoms with Gasteiger partial charge in [0.05, 0.1) is 11.6 Å². The fourth-order valence-electron chi connectivity index (χ4n) is 3.65. The molecule has 1 aliphatic rings. The first-order chi connectivity index (χ1) is 14.7. The molecular weight excluding hydrogens is 411 g/mol. The van der Waals surface area contributed by atoms with Crippen LogP contribution in [0.3, 0.4) is 0 Å². The molecule has 1 saturated heterocycles. The van der Waals surface area contributed by atoms with Crippen LogP contribution in [0.2, 0.25) is 0 Å². The monoisotopic (exact) mass is 429 g/mol. The molecule has 0 radical (unpaired) electrons. The number of nitrogens with one attached hydrogen (secondary N) is 1. The second kappa shape index (κ2) is 8.53. The first-order valence-corrected chi connectivity index (χ1v) is 9.33. The molecule has 1 aromatic heterocycles. The molecule has 2 atom stereocenters. The number of alkyl halides is 3. The number of aryl methyl sites for hydroxylation is 2. The van der Waals surface area contributed by atoms with E-state index in [1.54, 1.807) is 24.3 Å². The Kier molecular flexibility index (Phi) is 6.04. The lowest BCUT2D eigenvalue weighted by molar-refractivity contribution is -0.137. The number of anilines is 2. The number of azide groups is 1. The van der Waals surface area contributed by atoms with Crippen molar-refractivity contribution >= 4 is 17.4 Å². The highest BCUT2D eigenvalue weighted by Crippen LogP contribution is 2.38. The maximum Gasteiger partial charge on any atom is 0.417 e. The normalized spacial score (nSPS) is 18.3. The molecule has 3 rings (SSSR count). The molecule has 1 aliphatic heterocycles. The molecule has 0 aliphatic carbocycles. The minimum Gasteiger partial charge on any atom is -0.343 e. The molecule has 31 heavy (non-hydrogen) atoms. The van der Waals surface area contributed by atoms with Gasteiger partial charge in [-0.15, -0.1) is 0 Å². The molecule has 0 spiro atoms. The molecule has 1 N–H and O–H groups in total. The lowest BCUT2D eigenvalue weighted by Crippen LogP contribution is -2.45. The highest BCUT2D eigenvalue weighted by atomic mass is 19.4. The first-order valence-electron chi connectivity index (χ1n) is 9.33. The number of halogens is 3. The van der Waals surface area contributed by atoms with Gasteiger partial charge in [-0.25, -0.2) is 4.98 Å². The first kappa shape index (κ1) is 21.9. The molecule has 0 unspecified atom stereocenters. The van der Waals surface area contributed by atoms with Crippen LogP contribution in [-0.4, -0.2) is 29.5 Å². The standard InChI is InChI=1S/C20H18F3N7O/c1-11-4-3-5-13(8-11)27-19(31)17-16(28-29-25)6-7-30(17)18-14(10-24)15(20(21,22)23)9-12(2)26-18/h3-5,8-9,16-17H,6-7H2,1-2H3,(H,27,31)/t16-,17+/m1/s1. The molecule has 1 fully saturated rings. The Morgan fingerprint density at radius 3 is 2.74 bits per heavy atom. The van der Waals surface area contributed by atoms with Gasteiger partial charge in [0.15, 0.2) is 0 Å². The quantitative estimate of drug-likeness (QED) is 0.438. The third-order valence-corrected chi connectivity index (χ3v) is 4.94. The number of benzene rings is 1.